The maximum absolute atomic E-state index is 12.5. The molecule has 0 amide bonds. The second kappa shape index (κ2) is 8.21. The molecule has 0 bridgehead atoms. The van der Waals surface area contributed by atoms with Gasteiger partial charge in [0, 0.05) is 6.07 Å². The molecule has 0 atom stereocenters. The molecule has 2 rings (SSSR count). The van der Waals surface area contributed by atoms with Crippen LogP contribution in [0.1, 0.15) is 22.8 Å². The van der Waals surface area contributed by atoms with Gasteiger partial charge in [-0.3, -0.25) is 0 Å². The van der Waals surface area contributed by atoms with E-state index in [9.17, 15) is 13.2 Å². The topological polar surface area (TPSA) is 103 Å². The summed E-state index contributed by atoms with van der Waals surface area (Å²) in [7, 11) is -2.96. The molecule has 0 saturated heterocycles. The summed E-state index contributed by atoms with van der Waals surface area (Å²) in [6.45, 7) is 1.97. The van der Waals surface area contributed by atoms with Crippen molar-refractivity contribution in [3.8, 4) is 17.6 Å². The first-order chi connectivity index (χ1) is 12.3. The number of ether oxygens (including phenoxy) is 2. The summed E-state index contributed by atoms with van der Waals surface area (Å²) >= 11 is 3.19. The summed E-state index contributed by atoms with van der Waals surface area (Å²) in [6, 6.07) is 9.87. The van der Waals surface area contributed by atoms with Crippen molar-refractivity contribution in [2.45, 2.75) is 11.8 Å². The Morgan fingerprint density at radius 2 is 1.88 bits per heavy atom. The molecule has 2 aromatic rings. The van der Waals surface area contributed by atoms with Gasteiger partial charge in [0.05, 0.1) is 35.4 Å². The van der Waals surface area contributed by atoms with E-state index in [4.69, 9.17) is 14.2 Å². The standard InChI is InChI=1S/C17H14BrNO6S/c1-3-24-15-9-11(10-19)8-14(18)16(15)25-26(21,22)13-6-4-12(5-7-13)17(20)23-2/h4-9H,3H2,1-2H3. The van der Waals surface area contributed by atoms with Crippen LogP contribution in [0.2, 0.25) is 0 Å². The Labute approximate surface area is 159 Å². The van der Waals surface area contributed by atoms with E-state index >= 15 is 0 Å². The summed E-state index contributed by atoms with van der Waals surface area (Å²) in [5.41, 5.74) is 0.494. The number of halogens is 1. The van der Waals surface area contributed by atoms with E-state index in [-0.39, 0.29) is 38.6 Å². The second-order valence-electron chi connectivity index (χ2n) is 4.88. The van der Waals surface area contributed by atoms with Crippen LogP contribution in [-0.4, -0.2) is 28.1 Å². The highest BCUT2D eigenvalue weighted by molar-refractivity contribution is 9.10. The monoisotopic (exact) mass is 439 g/mol. The third-order valence-electron chi connectivity index (χ3n) is 3.20. The van der Waals surface area contributed by atoms with Crippen molar-refractivity contribution >= 4 is 32.0 Å². The minimum absolute atomic E-state index is 0.0668. The van der Waals surface area contributed by atoms with Crippen molar-refractivity contribution < 1.29 is 26.9 Å². The Hall–Kier alpha value is -2.57. The molecule has 0 spiro atoms. The van der Waals surface area contributed by atoms with Crippen molar-refractivity contribution in [3.05, 3.63) is 52.0 Å². The predicted octanol–water partition coefficient (Wildman–Crippen LogP) is 3.27. The van der Waals surface area contributed by atoms with Crippen molar-refractivity contribution in [2.24, 2.45) is 0 Å². The van der Waals surface area contributed by atoms with Crippen LogP contribution in [0.25, 0.3) is 0 Å². The zero-order valence-corrected chi connectivity index (χ0v) is 16.3. The van der Waals surface area contributed by atoms with Crippen LogP contribution in [0, 0.1) is 11.3 Å². The van der Waals surface area contributed by atoms with Crippen molar-refractivity contribution in [1.82, 2.24) is 0 Å². The van der Waals surface area contributed by atoms with Crippen LogP contribution in [0.5, 0.6) is 11.5 Å². The van der Waals surface area contributed by atoms with Crippen molar-refractivity contribution in [1.29, 1.82) is 5.26 Å². The van der Waals surface area contributed by atoms with Gasteiger partial charge in [0.1, 0.15) is 4.90 Å². The lowest BCUT2D eigenvalue weighted by molar-refractivity contribution is 0.0600. The Balaban J connectivity index is 2.40. The van der Waals surface area contributed by atoms with E-state index in [1.54, 1.807) is 6.92 Å². The molecule has 0 heterocycles. The molecular weight excluding hydrogens is 426 g/mol. The number of nitrogens with zero attached hydrogens (tertiary/aromatic N) is 1. The zero-order chi connectivity index (χ0) is 19.3. The van der Waals surface area contributed by atoms with Crippen molar-refractivity contribution in [3.63, 3.8) is 0 Å². The van der Waals surface area contributed by atoms with E-state index in [0.717, 1.165) is 0 Å². The highest BCUT2D eigenvalue weighted by Crippen LogP contribution is 2.38. The first-order valence-electron chi connectivity index (χ1n) is 7.31. The average Bonchev–Trinajstić information content (AvgIpc) is 2.63. The molecule has 0 aliphatic rings. The Morgan fingerprint density at radius 3 is 2.42 bits per heavy atom. The second-order valence-corrected chi connectivity index (χ2v) is 7.28. The van der Waals surface area contributed by atoms with Crippen molar-refractivity contribution in [2.75, 3.05) is 13.7 Å². The molecule has 0 aliphatic carbocycles. The van der Waals surface area contributed by atoms with Gasteiger partial charge in [-0.2, -0.15) is 13.7 Å². The minimum atomic E-state index is -4.19. The van der Waals surface area contributed by atoms with Gasteiger partial charge in [-0.05, 0) is 53.2 Å². The fourth-order valence-corrected chi connectivity index (χ4v) is 3.60. The number of rotatable bonds is 6. The molecule has 2 aromatic carbocycles. The molecule has 0 aromatic heterocycles. The third kappa shape index (κ3) is 4.33. The molecule has 0 fully saturated rings. The molecule has 7 nitrogen and oxygen atoms in total. The summed E-state index contributed by atoms with van der Waals surface area (Å²) < 4.78 is 40.5. The lowest BCUT2D eigenvalue weighted by Gasteiger charge is -2.14. The van der Waals surface area contributed by atoms with Crippen LogP contribution in [0.3, 0.4) is 0 Å². The molecule has 0 saturated carbocycles. The van der Waals surface area contributed by atoms with E-state index < -0.39 is 16.1 Å². The van der Waals surface area contributed by atoms with E-state index in [1.807, 2.05) is 6.07 Å². The fraction of sp³-hybridized carbons (Fsp3) is 0.176. The highest BCUT2D eigenvalue weighted by atomic mass is 79.9. The predicted molar refractivity (Wildman–Crippen MR) is 95.6 cm³/mol. The fourth-order valence-electron chi connectivity index (χ4n) is 2.01. The minimum Gasteiger partial charge on any atom is -0.490 e. The lowest BCUT2D eigenvalue weighted by atomic mass is 10.2. The number of benzene rings is 2. The average molecular weight is 440 g/mol. The number of nitriles is 1. The van der Waals surface area contributed by atoms with E-state index in [0.29, 0.717) is 0 Å². The first kappa shape index (κ1) is 19.8. The van der Waals surface area contributed by atoms with Crippen LogP contribution in [0.4, 0.5) is 0 Å². The number of carbonyl (C=O) groups excluding carboxylic acids is 1. The Kier molecular flexibility index (Phi) is 6.23. The largest absolute Gasteiger partial charge is 0.490 e. The third-order valence-corrected chi connectivity index (χ3v) is 5.02. The Morgan fingerprint density at radius 1 is 1.23 bits per heavy atom. The lowest BCUT2D eigenvalue weighted by Crippen LogP contribution is -2.12. The van der Waals surface area contributed by atoms with Crippen LogP contribution < -0.4 is 8.92 Å². The number of methoxy groups -OCH3 is 1. The smallest absolute Gasteiger partial charge is 0.339 e. The molecule has 0 unspecified atom stereocenters. The molecule has 26 heavy (non-hydrogen) atoms. The Bertz CT molecular complexity index is 964. The maximum Gasteiger partial charge on any atom is 0.339 e. The van der Waals surface area contributed by atoms with Gasteiger partial charge < -0.3 is 13.7 Å². The van der Waals surface area contributed by atoms with E-state index in [2.05, 4.69) is 20.7 Å². The molecule has 0 aliphatic heterocycles. The van der Waals surface area contributed by atoms with Gasteiger partial charge >= 0.3 is 16.1 Å². The quantitative estimate of drug-likeness (QED) is 0.502. The molecular formula is C17H14BrNO6S. The van der Waals surface area contributed by atoms with E-state index in [1.165, 1.54) is 43.5 Å². The number of hydrogen-bond donors (Lipinski definition) is 0. The first-order valence-corrected chi connectivity index (χ1v) is 9.51. The summed E-state index contributed by atoms with van der Waals surface area (Å²) in [4.78, 5) is 11.3. The summed E-state index contributed by atoms with van der Waals surface area (Å²) in [5, 5.41) is 9.02. The number of esters is 1. The van der Waals surface area contributed by atoms with Gasteiger partial charge in [0.2, 0.25) is 0 Å². The van der Waals surface area contributed by atoms with Gasteiger partial charge in [0.25, 0.3) is 0 Å². The molecule has 9 heteroatoms. The number of carbonyl (C=O) groups is 1. The summed E-state index contributed by atoms with van der Waals surface area (Å²) in [6.07, 6.45) is 0. The normalized spacial score (nSPS) is 10.7. The van der Waals surface area contributed by atoms with Gasteiger partial charge in [-0.15, -0.1) is 0 Å². The van der Waals surface area contributed by atoms with Crippen LogP contribution in [-0.2, 0) is 14.9 Å². The number of hydrogen-bond acceptors (Lipinski definition) is 7. The maximum atomic E-state index is 12.5. The van der Waals surface area contributed by atoms with Gasteiger partial charge in [0.15, 0.2) is 11.5 Å². The molecule has 136 valence electrons. The highest BCUT2D eigenvalue weighted by Gasteiger charge is 2.22. The SMILES string of the molecule is CCOc1cc(C#N)cc(Br)c1OS(=O)(=O)c1ccc(C(=O)OC)cc1. The summed E-state index contributed by atoms with van der Waals surface area (Å²) in [5.74, 6) is -0.528. The van der Waals surface area contributed by atoms with Crippen LogP contribution in [0.15, 0.2) is 45.8 Å². The van der Waals surface area contributed by atoms with Crippen LogP contribution >= 0.6 is 15.9 Å². The zero-order valence-electron chi connectivity index (χ0n) is 13.9. The molecule has 0 radical (unpaired) electrons. The molecule has 0 N–H and O–H groups in total. The van der Waals surface area contributed by atoms with Gasteiger partial charge in [-0.25, -0.2) is 4.79 Å². The van der Waals surface area contributed by atoms with Gasteiger partial charge in [-0.1, -0.05) is 0 Å².